The van der Waals surface area contributed by atoms with E-state index in [1.165, 1.54) is 22.6 Å². The highest BCUT2D eigenvalue weighted by Crippen LogP contribution is 2.29. The van der Waals surface area contributed by atoms with Crippen molar-refractivity contribution in [2.75, 3.05) is 0 Å². The Bertz CT molecular complexity index is 592. The van der Waals surface area contributed by atoms with Gasteiger partial charge in [-0.05, 0) is 29.7 Å². The van der Waals surface area contributed by atoms with E-state index in [1.807, 2.05) is 0 Å². The average Bonchev–Trinajstić information content (AvgIpc) is 3.14. The third-order valence-electron chi connectivity index (χ3n) is 3.46. The van der Waals surface area contributed by atoms with E-state index in [2.05, 4.69) is 4.98 Å². The number of carboxylic acid groups (broad SMARTS) is 1. The third kappa shape index (κ3) is 3.18. The lowest BCUT2D eigenvalue weighted by molar-refractivity contribution is -0.389. The maximum Gasteiger partial charge on any atom is 0.381 e. The molecule has 0 spiro atoms. The Morgan fingerprint density at radius 1 is 1.62 bits per heavy atom. The lowest BCUT2D eigenvalue weighted by atomic mass is 10.2. The SMILES string of the molecule is Cc1nc([N+](=O)[O-])cn1CC(=O)N(C1CC1)C(C)C(=O)O. The van der Waals surface area contributed by atoms with Gasteiger partial charge >= 0.3 is 11.8 Å². The summed E-state index contributed by atoms with van der Waals surface area (Å²) in [6.07, 6.45) is 2.75. The summed E-state index contributed by atoms with van der Waals surface area (Å²) in [6, 6.07) is -0.966. The number of nitro groups is 1. The Balaban J connectivity index is 2.15. The number of rotatable bonds is 6. The fourth-order valence-corrected chi connectivity index (χ4v) is 2.17. The molecular formula is C12H16N4O5. The van der Waals surface area contributed by atoms with Crippen molar-refractivity contribution in [2.45, 2.75) is 45.3 Å². The zero-order valence-electron chi connectivity index (χ0n) is 11.7. The summed E-state index contributed by atoms with van der Waals surface area (Å²) in [7, 11) is 0. The summed E-state index contributed by atoms with van der Waals surface area (Å²) >= 11 is 0. The van der Waals surface area contributed by atoms with Gasteiger partial charge in [0.15, 0.2) is 0 Å². The van der Waals surface area contributed by atoms with Crippen LogP contribution >= 0.6 is 0 Å². The van der Waals surface area contributed by atoms with E-state index >= 15 is 0 Å². The number of carboxylic acids is 1. The van der Waals surface area contributed by atoms with E-state index in [0.29, 0.717) is 5.82 Å². The van der Waals surface area contributed by atoms with E-state index in [-0.39, 0.29) is 24.3 Å². The fourth-order valence-electron chi connectivity index (χ4n) is 2.17. The number of aryl methyl sites for hydroxylation is 1. The van der Waals surface area contributed by atoms with Gasteiger partial charge in [0.05, 0.1) is 0 Å². The third-order valence-corrected chi connectivity index (χ3v) is 3.46. The van der Waals surface area contributed by atoms with Crippen LogP contribution in [0.15, 0.2) is 6.20 Å². The summed E-state index contributed by atoms with van der Waals surface area (Å²) in [4.78, 5) is 38.5. The van der Waals surface area contributed by atoms with Gasteiger partial charge in [-0.2, -0.15) is 0 Å². The minimum Gasteiger partial charge on any atom is -0.480 e. The molecule has 1 fully saturated rings. The highest BCUT2D eigenvalue weighted by Gasteiger charge is 2.38. The molecule has 0 aromatic carbocycles. The number of aromatic nitrogens is 2. The molecule has 0 aliphatic heterocycles. The summed E-state index contributed by atoms with van der Waals surface area (Å²) in [5.41, 5.74) is 0. The van der Waals surface area contributed by atoms with Crippen molar-refractivity contribution >= 4 is 17.7 Å². The highest BCUT2D eigenvalue weighted by atomic mass is 16.6. The molecule has 1 saturated carbocycles. The van der Waals surface area contributed by atoms with Crippen LogP contribution in [-0.4, -0.2) is 48.4 Å². The molecule has 2 rings (SSSR count). The Morgan fingerprint density at radius 3 is 2.67 bits per heavy atom. The molecule has 1 atom stereocenters. The first-order chi connectivity index (χ1) is 9.81. The number of carbonyl (C=O) groups is 2. The standard InChI is InChI=1S/C12H16N4O5/c1-7(12(18)19)15(9-3-4-9)11(17)6-14-5-10(16(20)21)13-8(14)2/h5,7,9H,3-4,6H2,1-2H3,(H,18,19). The molecule has 1 heterocycles. The molecule has 9 heteroatoms. The van der Waals surface area contributed by atoms with Crippen LogP contribution in [0.3, 0.4) is 0 Å². The number of hydrogen-bond acceptors (Lipinski definition) is 5. The normalized spacial score (nSPS) is 15.5. The number of carbonyl (C=O) groups excluding carboxylic acids is 1. The van der Waals surface area contributed by atoms with Crippen LogP contribution < -0.4 is 0 Å². The molecule has 1 unspecified atom stereocenters. The highest BCUT2D eigenvalue weighted by molar-refractivity contribution is 5.84. The smallest absolute Gasteiger partial charge is 0.381 e. The maximum absolute atomic E-state index is 12.3. The molecule has 1 aromatic rings. The van der Waals surface area contributed by atoms with Crippen LogP contribution in [0.1, 0.15) is 25.6 Å². The molecule has 1 aromatic heterocycles. The van der Waals surface area contributed by atoms with Crippen LogP contribution in [0.2, 0.25) is 0 Å². The summed E-state index contributed by atoms with van der Waals surface area (Å²) in [6.45, 7) is 2.87. The lowest BCUT2D eigenvalue weighted by Crippen LogP contribution is -2.46. The fraction of sp³-hybridized carbons (Fsp3) is 0.583. The summed E-state index contributed by atoms with van der Waals surface area (Å²) < 4.78 is 1.37. The van der Waals surface area contributed by atoms with Crippen LogP contribution in [0.5, 0.6) is 0 Å². The number of nitrogens with zero attached hydrogens (tertiary/aromatic N) is 4. The number of imidazole rings is 1. The second-order valence-electron chi connectivity index (χ2n) is 5.08. The number of aliphatic carboxylic acids is 1. The van der Waals surface area contributed by atoms with Crippen molar-refractivity contribution in [3.05, 3.63) is 22.1 Å². The summed E-state index contributed by atoms with van der Waals surface area (Å²) in [5.74, 6) is -1.43. The Hall–Kier alpha value is -2.45. The maximum atomic E-state index is 12.3. The van der Waals surface area contributed by atoms with Crippen molar-refractivity contribution in [2.24, 2.45) is 0 Å². The molecule has 0 bridgehead atoms. The predicted octanol–water partition coefficient (Wildman–Crippen LogP) is 0.564. The number of hydrogen-bond donors (Lipinski definition) is 1. The molecule has 1 N–H and O–H groups in total. The van der Waals surface area contributed by atoms with Gasteiger partial charge in [-0.15, -0.1) is 0 Å². The molecule has 21 heavy (non-hydrogen) atoms. The molecule has 0 radical (unpaired) electrons. The number of amides is 1. The van der Waals surface area contributed by atoms with E-state index in [4.69, 9.17) is 5.11 Å². The average molecular weight is 296 g/mol. The van der Waals surface area contributed by atoms with E-state index in [1.54, 1.807) is 6.92 Å². The van der Waals surface area contributed by atoms with E-state index in [0.717, 1.165) is 12.8 Å². The van der Waals surface area contributed by atoms with Gasteiger partial charge < -0.3 is 20.1 Å². The minimum absolute atomic E-state index is 0.0533. The van der Waals surface area contributed by atoms with Crippen LogP contribution in [0.4, 0.5) is 5.82 Å². The van der Waals surface area contributed by atoms with E-state index in [9.17, 15) is 19.7 Å². The van der Waals surface area contributed by atoms with Gasteiger partial charge in [0.1, 0.15) is 18.8 Å². The molecule has 9 nitrogen and oxygen atoms in total. The zero-order chi connectivity index (χ0) is 15.7. The molecule has 114 valence electrons. The second-order valence-corrected chi connectivity index (χ2v) is 5.08. The Labute approximate surface area is 120 Å². The summed E-state index contributed by atoms with van der Waals surface area (Å²) in [5, 5.41) is 19.7. The van der Waals surface area contributed by atoms with Crippen molar-refractivity contribution in [1.29, 1.82) is 0 Å². The molecule has 1 aliphatic rings. The van der Waals surface area contributed by atoms with Gasteiger partial charge in [0.2, 0.25) is 11.7 Å². The van der Waals surface area contributed by atoms with Crippen LogP contribution in [0, 0.1) is 17.0 Å². The van der Waals surface area contributed by atoms with Crippen LogP contribution in [0.25, 0.3) is 0 Å². The Kier molecular flexibility index (Phi) is 3.92. The van der Waals surface area contributed by atoms with Crippen molar-refractivity contribution in [3.8, 4) is 0 Å². The topological polar surface area (TPSA) is 119 Å². The van der Waals surface area contributed by atoms with Crippen molar-refractivity contribution < 1.29 is 19.6 Å². The quantitative estimate of drug-likeness (QED) is 0.605. The first-order valence-electron chi connectivity index (χ1n) is 6.53. The molecule has 1 amide bonds. The largest absolute Gasteiger partial charge is 0.480 e. The monoisotopic (exact) mass is 296 g/mol. The zero-order valence-corrected chi connectivity index (χ0v) is 11.7. The van der Waals surface area contributed by atoms with Crippen LogP contribution in [-0.2, 0) is 16.1 Å². The van der Waals surface area contributed by atoms with Gasteiger partial charge in [0, 0.05) is 13.0 Å². The minimum atomic E-state index is -1.07. The Morgan fingerprint density at radius 2 is 2.24 bits per heavy atom. The van der Waals surface area contributed by atoms with Gasteiger partial charge in [-0.3, -0.25) is 9.36 Å². The molecular weight excluding hydrogens is 280 g/mol. The first kappa shape index (κ1) is 14.9. The van der Waals surface area contributed by atoms with Gasteiger partial charge in [-0.1, -0.05) is 0 Å². The molecule has 0 saturated heterocycles. The van der Waals surface area contributed by atoms with Gasteiger partial charge in [0.25, 0.3) is 0 Å². The van der Waals surface area contributed by atoms with Gasteiger partial charge in [-0.25, -0.2) is 4.79 Å². The second kappa shape index (κ2) is 5.51. The van der Waals surface area contributed by atoms with E-state index < -0.39 is 16.9 Å². The van der Waals surface area contributed by atoms with Crippen molar-refractivity contribution in [3.63, 3.8) is 0 Å². The van der Waals surface area contributed by atoms with Crippen molar-refractivity contribution in [1.82, 2.24) is 14.5 Å². The lowest BCUT2D eigenvalue weighted by Gasteiger charge is -2.26. The molecule has 1 aliphatic carbocycles. The predicted molar refractivity (Wildman–Crippen MR) is 70.6 cm³/mol. The first-order valence-corrected chi connectivity index (χ1v) is 6.53.